The van der Waals surface area contributed by atoms with Crippen LogP contribution in [0.4, 0.5) is 10.6 Å². The van der Waals surface area contributed by atoms with E-state index in [4.69, 9.17) is 4.74 Å². The lowest BCUT2D eigenvalue weighted by Crippen LogP contribution is -2.42. The second kappa shape index (κ2) is 8.58. The van der Waals surface area contributed by atoms with Gasteiger partial charge in [-0.3, -0.25) is 0 Å². The second-order valence-corrected chi connectivity index (χ2v) is 5.75. The molecule has 2 rings (SSSR count). The number of piperidine rings is 1. The van der Waals surface area contributed by atoms with E-state index in [9.17, 15) is 4.79 Å². The lowest BCUT2D eigenvalue weighted by molar-refractivity contribution is 0.171. The quantitative estimate of drug-likeness (QED) is 0.842. The Hall–Kier alpha value is -1.82. The third-order valence-electron chi connectivity index (χ3n) is 3.74. The normalized spacial score (nSPS) is 16.2. The van der Waals surface area contributed by atoms with Crippen molar-refractivity contribution in [3.05, 3.63) is 23.9 Å². The third kappa shape index (κ3) is 5.18. The highest BCUT2D eigenvalue weighted by Crippen LogP contribution is 2.18. The third-order valence-corrected chi connectivity index (χ3v) is 3.74. The molecule has 2 amide bonds. The standard InChI is InChI=1S/C16H26N4O2/c1-13(12-22-2)19-16(21)18-11-14-6-7-17-15(10-14)20-8-4-3-5-9-20/h6-7,10,13H,3-5,8-9,11-12H2,1-2H3,(H2,18,19,21). The Bertz CT molecular complexity index is 475. The number of anilines is 1. The number of methoxy groups -OCH3 is 1. The van der Waals surface area contributed by atoms with E-state index in [0.717, 1.165) is 24.5 Å². The molecule has 1 aliphatic heterocycles. The van der Waals surface area contributed by atoms with Crippen LogP contribution in [0.2, 0.25) is 0 Å². The van der Waals surface area contributed by atoms with E-state index in [1.165, 1.54) is 19.3 Å². The van der Waals surface area contributed by atoms with Crippen molar-refractivity contribution in [3.63, 3.8) is 0 Å². The number of hydrogen-bond acceptors (Lipinski definition) is 4. The molecule has 0 aromatic carbocycles. The fourth-order valence-corrected chi connectivity index (χ4v) is 2.62. The first-order chi connectivity index (χ1) is 10.7. The number of carbonyl (C=O) groups excluding carboxylic acids is 1. The maximum absolute atomic E-state index is 11.8. The largest absolute Gasteiger partial charge is 0.383 e. The van der Waals surface area contributed by atoms with E-state index in [1.54, 1.807) is 7.11 Å². The minimum Gasteiger partial charge on any atom is -0.383 e. The zero-order valence-electron chi connectivity index (χ0n) is 13.5. The first-order valence-electron chi connectivity index (χ1n) is 7.92. The molecule has 1 fully saturated rings. The summed E-state index contributed by atoms with van der Waals surface area (Å²) in [7, 11) is 1.62. The molecule has 1 aromatic rings. The summed E-state index contributed by atoms with van der Waals surface area (Å²) in [5, 5.41) is 5.69. The molecular weight excluding hydrogens is 280 g/mol. The monoisotopic (exact) mass is 306 g/mol. The van der Waals surface area contributed by atoms with Gasteiger partial charge in [0.25, 0.3) is 0 Å². The van der Waals surface area contributed by atoms with Gasteiger partial charge in [0.2, 0.25) is 0 Å². The number of amides is 2. The Morgan fingerprint density at radius 2 is 2.18 bits per heavy atom. The summed E-state index contributed by atoms with van der Waals surface area (Å²) in [5.74, 6) is 1.01. The second-order valence-electron chi connectivity index (χ2n) is 5.75. The average Bonchev–Trinajstić information content (AvgIpc) is 2.54. The molecule has 0 saturated carbocycles. The molecule has 1 aliphatic rings. The number of urea groups is 1. The maximum atomic E-state index is 11.8. The van der Waals surface area contributed by atoms with Crippen LogP contribution in [0.3, 0.4) is 0 Å². The van der Waals surface area contributed by atoms with Crippen LogP contribution in [0.5, 0.6) is 0 Å². The summed E-state index contributed by atoms with van der Waals surface area (Å²) in [6.07, 6.45) is 5.57. The average molecular weight is 306 g/mol. The maximum Gasteiger partial charge on any atom is 0.315 e. The van der Waals surface area contributed by atoms with Crippen LogP contribution < -0.4 is 15.5 Å². The Kier molecular flexibility index (Phi) is 6.45. The fraction of sp³-hybridized carbons (Fsp3) is 0.625. The molecule has 1 saturated heterocycles. The van der Waals surface area contributed by atoms with Gasteiger partial charge in [-0.2, -0.15) is 0 Å². The van der Waals surface area contributed by atoms with Crippen LogP contribution >= 0.6 is 0 Å². The van der Waals surface area contributed by atoms with Crippen molar-refractivity contribution in [2.75, 3.05) is 31.7 Å². The molecule has 122 valence electrons. The minimum atomic E-state index is -0.180. The van der Waals surface area contributed by atoms with Crippen LogP contribution in [-0.2, 0) is 11.3 Å². The van der Waals surface area contributed by atoms with E-state index < -0.39 is 0 Å². The van der Waals surface area contributed by atoms with Gasteiger partial charge in [0.1, 0.15) is 5.82 Å². The molecule has 0 bridgehead atoms. The Labute approximate surface area is 132 Å². The number of nitrogens with one attached hydrogen (secondary N) is 2. The molecule has 2 N–H and O–H groups in total. The molecule has 0 radical (unpaired) electrons. The first-order valence-corrected chi connectivity index (χ1v) is 7.92. The number of hydrogen-bond donors (Lipinski definition) is 2. The van der Waals surface area contributed by atoms with Crippen LogP contribution in [-0.4, -0.2) is 43.9 Å². The summed E-state index contributed by atoms with van der Waals surface area (Å²) >= 11 is 0. The zero-order valence-corrected chi connectivity index (χ0v) is 13.5. The highest BCUT2D eigenvalue weighted by molar-refractivity contribution is 5.74. The molecule has 22 heavy (non-hydrogen) atoms. The fourth-order valence-electron chi connectivity index (χ4n) is 2.62. The molecule has 2 heterocycles. The summed E-state index contributed by atoms with van der Waals surface area (Å²) < 4.78 is 4.99. The highest BCUT2D eigenvalue weighted by atomic mass is 16.5. The van der Waals surface area contributed by atoms with Crippen molar-refractivity contribution in [1.29, 1.82) is 0 Å². The summed E-state index contributed by atoms with van der Waals surface area (Å²) in [6, 6.07) is 3.81. The summed E-state index contributed by atoms with van der Waals surface area (Å²) in [6.45, 7) is 5.04. The van der Waals surface area contributed by atoms with Gasteiger partial charge < -0.3 is 20.3 Å². The minimum absolute atomic E-state index is 0.00801. The SMILES string of the molecule is COCC(C)NC(=O)NCc1ccnc(N2CCCCC2)c1. The molecule has 1 aromatic heterocycles. The van der Waals surface area contributed by atoms with Gasteiger partial charge >= 0.3 is 6.03 Å². The summed E-state index contributed by atoms with van der Waals surface area (Å²) in [5.41, 5.74) is 1.06. The Balaban J connectivity index is 1.83. The molecular formula is C16H26N4O2. The first kappa shape index (κ1) is 16.5. The number of pyridine rings is 1. The van der Waals surface area contributed by atoms with Crippen molar-refractivity contribution >= 4 is 11.8 Å². The van der Waals surface area contributed by atoms with Gasteiger partial charge in [-0.25, -0.2) is 9.78 Å². The van der Waals surface area contributed by atoms with Crippen LogP contribution in [0.25, 0.3) is 0 Å². The molecule has 1 unspecified atom stereocenters. The van der Waals surface area contributed by atoms with Gasteiger partial charge in [-0.05, 0) is 43.9 Å². The van der Waals surface area contributed by atoms with Gasteiger partial charge in [0, 0.05) is 32.9 Å². The van der Waals surface area contributed by atoms with Crippen molar-refractivity contribution in [2.24, 2.45) is 0 Å². The molecule has 6 nitrogen and oxygen atoms in total. The van der Waals surface area contributed by atoms with Crippen molar-refractivity contribution < 1.29 is 9.53 Å². The van der Waals surface area contributed by atoms with Gasteiger partial charge in [-0.15, -0.1) is 0 Å². The van der Waals surface area contributed by atoms with Gasteiger partial charge in [-0.1, -0.05) is 0 Å². The molecule has 6 heteroatoms. The zero-order chi connectivity index (χ0) is 15.8. The number of carbonyl (C=O) groups is 1. The topological polar surface area (TPSA) is 66.5 Å². The summed E-state index contributed by atoms with van der Waals surface area (Å²) in [4.78, 5) is 18.5. The van der Waals surface area contributed by atoms with Gasteiger partial charge in [0.05, 0.1) is 12.6 Å². The number of nitrogens with zero attached hydrogens (tertiary/aromatic N) is 2. The number of rotatable bonds is 6. The Morgan fingerprint density at radius 3 is 2.91 bits per heavy atom. The van der Waals surface area contributed by atoms with Crippen LogP contribution in [0.1, 0.15) is 31.7 Å². The smallest absolute Gasteiger partial charge is 0.315 e. The van der Waals surface area contributed by atoms with Crippen molar-refractivity contribution in [2.45, 2.75) is 38.8 Å². The van der Waals surface area contributed by atoms with E-state index in [1.807, 2.05) is 19.2 Å². The number of aromatic nitrogens is 1. The van der Waals surface area contributed by atoms with Crippen molar-refractivity contribution in [1.82, 2.24) is 15.6 Å². The van der Waals surface area contributed by atoms with E-state index in [0.29, 0.717) is 13.2 Å². The molecule has 1 atom stereocenters. The predicted molar refractivity (Wildman–Crippen MR) is 87.0 cm³/mol. The van der Waals surface area contributed by atoms with E-state index in [2.05, 4.69) is 26.6 Å². The molecule has 0 aliphatic carbocycles. The lowest BCUT2D eigenvalue weighted by Gasteiger charge is -2.27. The van der Waals surface area contributed by atoms with Crippen LogP contribution in [0, 0.1) is 0 Å². The van der Waals surface area contributed by atoms with Crippen molar-refractivity contribution in [3.8, 4) is 0 Å². The van der Waals surface area contributed by atoms with E-state index >= 15 is 0 Å². The highest BCUT2D eigenvalue weighted by Gasteiger charge is 2.12. The predicted octanol–water partition coefficient (Wildman–Crippen LogP) is 1.91. The molecule has 0 spiro atoms. The Morgan fingerprint density at radius 1 is 1.41 bits per heavy atom. The van der Waals surface area contributed by atoms with E-state index in [-0.39, 0.29) is 12.1 Å². The lowest BCUT2D eigenvalue weighted by atomic mass is 10.1. The number of ether oxygens (including phenoxy) is 1. The van der Waals surface area contributed by atoms with Crippen LogP contribution in [0.15, 0.2) is 18.3 Å². The van der Waals surface area contributed by atoms with Gasteiger partial charge in [0.15, 0.2) is 0 Å².